The number of nitrogens with one attached hydrogen (secondary N) is 2. The number of hydrogen-bond acceptors (Lipinski definition) is 3. The summed E-state index contributed by atoms with van der Waals surface area (Å²) in [6.07, 6.45) is -0.656. The van der Waals surface area contributed by atoms with E-state index < -0.39 is 23.7 Å². The number of aliphatic hydroxyl groups is 1. The van der Waals surface area contributed by atoms with E-state index in [0.29, 0.717) is 0 Å². The van der Waals surface area contributed by atoms with Gasteiger partial charge in [-0.2, -0.15) is 0 Å². The molecule has 0 unspecified atom stereocenters. The number of rotatable bonds is 5. The van der Waals surface area contributed by atoms with Crippen LogP contribution in [0.3, 0.4) is 0 Å². The van der Waals surface area contributed by atoms with Crippen LogP contribution in [-0.4, -0.2) is 36.1 Å². The number of carbonyl (C=O) groups is 2. The fourth-order valence-corrected chi connectivity index (χ4v) is 1.23. The monoisotopic (exact) mass is 254 g/mol. The zero-order valence-corrected chi connectivity index (χ0v) is 9.94. The van der Waals surface area contributed by atoms with Gasteiger partial charge in [0.25, 0.3) is 5.91 Å². The van der Waals surface area contributed by atoms with Crippen LogP contribution in [0.4, 0.5) is 4.39 Å². The number of benzene rings is 1. The molecule has 98 valence electrons. The van der Waals surface area contributed by atoms with Crippen molar-refractivity contribution < 1.29 is 19.1 Å². The van der Waals surface area contributed by atoms with Gasteiger partial charge in [-0.15, -0.1) is 0 Å². The normalized spacial score (nSPS) is 11.7. The van der Waals surface area contributed by atoms with Gasteiger partial charge >= 0.3 is 0 Å². The van der Waals surface area contributed by atoms with Crippen molar-refractivity contribution in [1.29, 1.82) is 0 Å². The van der Waals surface area contributed by atoms with E-state index in [-0.39, 0.29) is 18.7 Å². The van der Waals surface area contributed by atoms with Gasteiger partial charge in [0.1, 0.15) is 5.82 Å². The molecule has 2 amide bonds. The molecule has 0 bridgehead atoms. The average molecular weight is 254 g/mol. The number of carbonyl (C=O) groups excluding carboxylic acids is 2. The summed E-state index contributed by atoms with van der Waals surface area (Å²) in [5, 5.41) is 13.6. The summed E-state index contributed by atoms with van der Waals surface area (Å²) >= 11 is 0. The highest BCUT2D eigenvalue weighted by Crippen LogP contribution is 2.05. The van der Waals surface area contributed by atoms with Gasteiger partial charge < -0.3 is 15.7 Å². The van der Waals surface area contributed by atoms with Gasteiger partial charge in [0, 0.05) is 6.54 Å². The van der Waals surface area contributed by atoms with Gasteiger partial charge in [0.2, 0.25) is 5.91 Å². The van der Waals surface area contributed by atoms with E-state index in [4.69, 9.17) is 5.11 Å². The maximum absolute atomic E-state index is 13.2. The molecule has 6 heteroatoms. The van der Waals surface area contributed by atoms with Gasteiger partial charge in [-0.1, -0.05) is 12.1 Å². The van der Waals surface area contributed by atoms with Gasteiger partial charge in [-0.25, -0.2) is 4.39 Å². The Balaban J connectivity index is 2.42. The Hall–Kier alpha value is -1.95. The molecule has 0 fully saturated rings. The molecular weight excluding hydrogens is 239 g/mol. The average Bonchev–Trinajstić information content (AvgIpc) is 2.34. The lowest BCUT2D eigenvalue weighted by molar-refractivity contribution is -0.120. The van der Waals surface area contributed by atoms with Crippen LogP contribution in [0.2, 0.25) is 0 Å². The number of amides is 2. The lowest BCUT2D eigenvalue weighted by Crippen LogP contribution is -2.39. The van der Waals surface area contributed by atoms with E-state index in [2.05, 4.69) is 10.6 Å². The minimum atomic E-state index is -0.656. The third kappa shape index (κ3) is 4.50. The Labute approximate surface area is 104 Å². The zero-order valence-electron chi connectivity index (χ0n) is 9.94. The fraction of sp³-hybridized carbons (Fsp3) is 0.333. The highest BCUT2D eigenvalue weighted by Gasteiger charge is 2.11. The largest absolute Gasteiger partial charge is 0.392 e. The SMILES string of the molecule is C[C@H](O)CNC(=O)CNC(=O)c1ccccc1F. The van der Waals surface area contributed by atoms with Crippen molar-refractivity contribution in [2.75, 3.05) is 13.1 Å². The minimum absolute atomic E-state index is 0.106. The van der Waals surface area contributed by atoms with E-state index >= 15 is 0 Å². The summed E-state index contributed by atoms with van der Waals surface area (Å²) in [6, 6.07) is 5.51. The number of hydrogen-bond donors (Lipinski definition) is 3. The Bertz CT molecular complexity index is 435. The van der Waals surface area contributed by atoms with Gasteiger partial charge in [0.05, 0.1) is 18.2 Å². The van der Waals surface area contributed by atoms with E-state index in [1.165, 1.54) is 31.2 Å². The van der Waals surface area contributed by atoms with Crippen molar-refractivity contribution >= 4 is 11.8 Å². The van der Waals surface area contributed by atoms with E-state index in [1.807, 2.05) is 0 Å². The highest BCUT2D eigenvalue weighted by molar-refractivity contribution is 5.96. The van der Waals surface area contributed by atoms with Crippen LogP contribution >= 0.6 is 0 Å². The predicted molar refractivity (Wildman–Crippen MR) is 63.4 cm³/mol. The molecular formula is C12H15FN2O3. The summed E-state index contributed by atoms with van der Waals surface area (Å²) in [7, 11) is 0. The molecule has 5 nitrogen and oxygen atoms in total. The third-order valence-electron chi connectivity index (χ3n) is 2.12. The molecule has 0 aliphatic carbocycles. The Kier molecular flexibility index (Phi) is 5.26. The predicted octanol–water partition coefficient (Wildman–Crippen LogP) is 0.0525. The molecule has 1 aromatic rings. The Morgan fingerprint density at radius 3 is 2.61 bits per heavy atom. The summed E-state index contributed by atoms with van der Waals surface area (Å²) in [5.74, 6) is -1.74. The topological polar surface area (TPSA) is 78.4 Å². The first-order valence-corrected chi connectivity index (χ1v) is 5.48. The van der Waals surface area contributed by atoms with Gasteiger partial charge in [-0.3, -0.25) is 9.59 Å². The molecule has 0 spiro atoms. The minimum Gasteiger partial charge on any atom is -0.392 e. The molecule has 0 aromatic heterocycles. The first kappa shape index (κ1) is 14.1. The van der Waals surface area contributed by atoms with Gasteiger partial charge in [-0.05, 0) is 19.1 Å². The molecule has 1 rings (SSSR count). The smallest absolute Gasteiger partial charge is 0.254 e. The summed E-state index contributed by atoms with van der Waals surface area (Å²) in [5.41, 5.74) is -0.110. The van der Waals surface area contributed by atoms with Crippen molar-refractivity contribution in [3.63, 3.8) is 0 Å². The zero-order chi connectivity index (χ0) is 13.5. The first-order valence-electron chi connectivity index (χ1n) is 5.48. The molecule has 1 atom stereocenters. The van der Waals surface area contributed by atoms with E-state index in [1.54, 1.807) is 0 Å². The lowest BCUT2D eigenvalue weighted by Gasteiger charge is -2.08. The second-order valence-corrected chi connectivity index (χ2v) is 3.82. The van der Waals surface area contributed by atoms with E-state index in [0.717, 1.165) is 0 Å². The standard InChI is InChI=1S/C12H15FN2O3/c1-8(16)6-14-11(17)7-15-12(18)9-4-2-3-5-10(9)13/h2-5,8,16H,6-7H2,1H3,(H,14,17)(H,15,18)/t8-/m0/s1. The van der Waals surface area contributed by atoms with Crippen LogP contribution in [0.25, 0.3) is 0 Å². The van der Waals surface area contributed by atoms with E-state index in [9.17, 15) is 14.0 Å². The molecule has 0 saturated carbocycles. The van der Waals surface area contributed by atoms with Crippen molar-refractivity contribution in [3.05, 3.63) is 35.6 Å². The molecule has 1 aromatic carbocycles. The Morgan fingerprint density at radius 1 is 1.33 bits per heavy atom. The second-order valence-electron chi connectivity index (χ2n) is 3.82. The summed E-state index contributed by atoms with van der Waals surface area (Å²) < 4.78 is 13.2. The van der Waals surface area contributed by atoms with Crippen molar-refractivity contribution in [2.45, 2.75) is 13.0 Å². The number of aliphatic hydroxyl groups excluding tert-OH is 1. The molecule has 0 heterocycles. The first-order chi connectivity index (χ1) is 8.50. The summed E-state index contributed by atoms with van der Waals surface area (Å²) in [4.78, 5) is 22.8. The molecule has 0 saturated heterocycles. The van der Waals surface area contributed by atoms with Gasteiger partial charge in [0.15, 0.2) is 0 Å². The molecule has 0 aliphatic heterocycles. The lowest BCUT2D eigenvalue weighted by atomic mass is 10.2. The van der Waals surface area contributed by atoms with Crippen LogP contribution in [0, 0.1) is 5.82 Å². The van der Waals surface area contributed by atoms with Crippen molar-refractivity contribution in [2.24, 2.45) is 0 Å². The molecule has 0 aliphatic rings. The van der Waals surface area contributed by atoms with Crippen molar-refractivity contribution in [3.8, 4) is 0 Å². The van der Waals surface area contributed by atoms with Crippen LogP contribution < -0.4 is 10.6 Å². The fourth-order valence-electron chi connectivity index (χ4n) is 1.23. The Morgan fingerprint density at radius 2 is 2.00 bits per heavy atom. The molecule has 18 heavy (non-hydrogen) atoms. The molecule has 0 radical (unpaired) electrons. The maximum atomic E-state index is 13.2. The quantitative estimate of drug-likeness (QED) is 0.695. The van der Waals surface area contributed by atoms with Crippen LogP contribution in [0.15, 0.2) is 24.3 Å². The summed E-state index contributed by atoms with van der Waals surface area (Å²) in [6.45, 7) is 1.37. The highest BCUT2D eigenvalue weighted by atomic mass is 19.1. The second kappa shape index (κ2) is 6.70. The van der Waals surface area contributed by atoms with Crippen LogP contribution in [-0.2, 0) is 4.79 Å². The van der Waals surface area contributed by atoms with Crippen molar-refractivity contribution in [1.82, 2.24) is 10.6 Å². The van der Waals surface area contributed by atoms with Crippen LogP contribution in [0.5, 0.6) is 0 Å². The van der Waals surface area contributed by atoms with Crippen LogP contribution in [0.1, 0.15) is 17.3 Å². The maximum Gasteiger partial charge on any atom is 0.254 e. The number of halogens is 1. The third-order valence-corrected chi connectivity index (χ3v) is 2.12. The molecule has 3 N–H and O–H groups in total.